The second kappa shape index (κ2) is 5.61. The normalized spacial score (nSPS) is 14.8. The number of anilines is 1. The van der Waals surface area contributed by atoms with Crippen molar-refractivity contribution in [1.29, 1.82) is 0 Å². The van der Waals surface area contributed by atoms with Crippen LogP contribution in [0, 0.1) is 6.92 Å². The first-order valence-corrected chi connectivity index (χ1v) is 9.25. The lowest BCUT2D eigenvalue weighted by Crippen LogP contribution is -2.23. The molecule has 3 rings (SSSR count). The van der Waals surface area contributed by atoms with Crippen LogP contribution in [0.3, 0.4) is 0 Å². The average molecular weight is 343 g/mol. The molecule has 21 heavy (non-hydrogen) atoms. The van der Waals surface area contributed by atoms with E-state index in [1.54, 1.807) is 13.0 Å². The van der Waals surface area contributed by atoms with Gasteiger partial charge in [0.2, 0.25) is 0 Å². The van der Waals surface area contributed by atoms with Gasteiger partial charge in [-0.15, -0.1) is 11.3 Å². The Morgan fingerprint density at radius 2 is 2.10 bits per heavy atom. The standard InChI is InChI=1S/C14H15ClN2O2S2/c1-9-6-13(20-14(9)15)21(18,19)17-12-3-2-10-4-5-16-8-11(10)7-12/h2-3,6-7,16-17H,4-5,8H2,1H3. The van der Waals surface area contributed by atoms with Crippen molar-refractivity contribution in [3.8, 4) is 0 Å². The molecule has 1 aliphatic heterocycles. The van der Waals surface area contributed by atoms with Gasteiger partial charge in [-0.3, -0.25) is 4.72 Å². The fraction of sp³-hybridized carbons (Fsp3) is 0.286. The van der Waals surface area contributed by atoms with E-state index in [9.17, 15) is 8.42 Å². The third-order valence-electron chi connectivity index (χ3n) is 3.44. The Labute approximate surface area is 133 Å². The molecule has 2 heterocycles. The van der Waals surface area contributed by atoms with Gasteiger partial charge >= 0.3 is 0 Å². The van der Waals surface area contributed by atoms with Crippen LogP contribution in [0.15, 0.2) is 28.5 Å². The van der Waals surface area contributed by atoms with Crippen molar-refractivity contribution >= 4 is 38.6 Å². The molecule has 0 radical (unpaired) electrons. The predicted octanol–water partition coefficient (Wildman–Crippen LogP) is 3.16. The Morgan fingerprint density at radius 3 is 2.81 bits per heavy atom. The second-order valence-electron chi connectivity index (χ2n) is 5.04. The molecular weight excluding hydrogens is 328 g/mol. The minimum Gasteiger partial charge on any atom is -0.312 e. The van der Waals surface area contributed by atoms with Gasteiger partial charge in [0.05, 0.1) is 4.34 Å². The second-order valence-corrected chi connectivity index (χ2v) is 8.60. The van der Waals surface area contributed by atoms with E-state index in [0.717, 1.165) is 42.0 Å². The lowest BCUT2D eigenvalue weighted by Gasteiger charge is -2.18. The largest absolute Gasteiger partial charge is 0.312 e. The maximum atomic E-state index is 12.4. The predicted molar refractivity (Wildman–Crippen MR) is 86.7 cm³/mol. The number of sulfonamides is 1. The van der Waals surface area contributed by atoms with Crippen LogP contribution in [-0.4, -0.2) is 15.0 Å². The van der Waals surface area contributed by atoms with Crippen LogP contribution < -0.4 is 10.0 Å². The highest BCUT2D eigenvalue weighted by molar-refractivity contribution is 7.94. The third kappa shape index (κ3) is 3.08. The molecule has 1 aromatic heterocycles. The number of benzene rings is 1. The van der Waals surface area contributed by atoms with E-state index in [1.807, 2.05) is 18.2 Å². The highest BCUT2D eigenvalue weighted by Gasteiger charge is 2.19. The smallest absolute Gasteiger partial charge is 0.271 e. The van der Waals surface area contributed by atoms with E-state index in [-0.39, 0.29) is 4.21 Å². The number of halogens is 1. The minimum atomic E-state index is -3.58. The first-order valence-electron chi connectivity index (χ1n) is 6.57. The molecule has 0 aliphatic carbocycles. The lowest BCUT2D eigenvalue weighted by molar-refractivity contribution is 0.603. The van der Waals surface area contributed by atoms with Crippen molar-refractivity contribution in [1.82, 2.24) is 5.32 Å². The molecule has 0 atom stereocenters. The molecule has 4 nitrogen and oxygen atoms in total. The van der Waals surface area contributed by atoms with Gasteiger partial charge < -0.3 is 5.32 Å². The fourth-order valence-electron chi connectivity index (χ4n) is 2.31. The highest BCUT2D eigenvalue weighted by Crippen LogP contribution is 2.31. The molecule has 0 fully saturated rings. The summed E-state index contributed by atoms with van der Waals surface area (Å²) in [6.45, 7) is 3.53. The molecule has 0 bridgehead atoms. The van der Waals surface area contributed by atoms with Gasteiger partial charge in [-0.2, -0.15) is 0 Å². The van der Waals surface area contributed by atoms with E-state index in [1.165, 1.54) is 5.56 Å². The van der Waals surface area contributed by atoms with Crippen LogP contribution in [0.4, 0.5) is 5.69 Å². The summed E-state index contributed by atoms with van der Waals surface area (Å²) in [5, 5.41) is 3.28. The summed E-state index contributed by atoms with van der Waals surface area (Å²) in [5.74, 6) is 0. The summed E-state index contributed by atoms with van der Waals surface area (Å²) in [6.07, 6.45) is 0.974. The van der Waals surface area contributed by atoms with Crippen molar-refractivity contribution < 1.29 is 8.42 Å². The van der Waals surface area contributed by atoms with E-state index in [4.69, 9.17) is 11.6 Å². The summed E-state index contributed by atoms with van der Waals surface area (Å²) >= 11 is 7.02. The van der Waals surface area contributed by atoms with Crippen LogP contribution in [0.5, 0.6) is 0 Å². The van der Waals surface area contributed by atoms with Gasteiger partial charge in [0.15, 0.2) is 0 Å². The van der Waals surface area contributed by atoms with Gasteiger partial charge in [0.25, 0.3) is 10.0 Å². The summed E-state index contributed by atoms with van der Waals surface area (Å²) in [6, 6.07) is 7.28. The number of nitrogens with one attached hydrogen (secondary N) is 2. The molecule has 0 unspecified atom stereocenters. The molecule has 0 spiro atoms. The summed E-state index contributed by atoms with van der Waals surface area (Å²) < 4.78 is 28.1. The van der Waals surface area contributed by atoms with Crippen LogP contribution >= 0.6 is 22.9 Å². The molecule has 2 N–H and O–H groups in total. The van der Waals surface area contributed by atoms with Gasteiger partial charge in [0.1, 0.15) is 4.21 Å². The van der Waals surface area contributed by atoms with E-state index in [0.29, 0.717) is 10.0 Å². The molecule has 2 aromatic rings. The first-order chi connectivity index (χ1) is 9.95. The van der Waals surface area contributed by atoms with E-state index in [2.05, 4.69) is 10.0 Å². The zero-order chi connectivity index (χ0) is 15.0. The molecule has 7 heteroatoms. The van der Waals surface area contributed by atoms with Crippen molar-refractivity contribution in [3.63, 3.8) is 0 Å². The topological polar surface area (TPSA) is 58.2 Å². The quantitative estimate of drug-likeness (QED) is 0.900. The highest BCUT2D eigenvalue weighted by atomic mass is 35.5. The van der Waals surface area contributed by atoms with Gasteiger partial charge in [-0.05, 0) is 54.8 Å². The zero-order valence-electron chi connectivity index (χ0n) is 11.4. The third-order valence-corrected chi connectivity index (χ3v) is 6.85. The number of fused-ring (bicyclic) bond motifs is 1. The molecule has 0 saturated carbocycles. The van der Waals surface area contributed by atoms with Crippen molar-refractivity contribution in [2.24, 2.45) is 0 Å². The Bertz CT molecular complexity index is 765. The van der Waals surface area contributed by atoms with Crippen LogP contribution in [0.1, 0.15) is 16.7 Å². The number of hydrogen-bond donors (Lipinski definition) is 2. The Kier molecular flexibility index (Phi) is 3.96. The van der Waals surface area contributed by atoms with Gasteiger partial charge in [-0.25, -0.2) is 8.42 Å². The van der Waals surface area contributed by atoms with Crippen LogP contribution in [0.25, 0.3) is 0 Å². The SMILES string of the molecule is Cc1cc(S(=O)(=O)Nc2ccc3c(c2)CNCC3)sc1Cl. The van der Waals surface area contributed by atoms with Crippen molar-refractivity contribution in [2.45, 2.75) is 24.1 Å². The van der Waals surface area contributed by atoms with Crippen LogP contribution in [0.2, 0.25) is 4.34 Å². The summed E-state index contributed by atoms with van der Waals surface area (Å²) in [4.78, 5) is 0. The first kappa shape index (κ1) is 14.8. The number of rotatable bonds is 3. The molecule has 0 saturated heterocycles. The van der Waals surface area contributed by atoms with Crippen molar-refractivity contribution in [3.05, 3.63) is 45.3 Å². The summed E-state index contributed by atoms with van der Waals surface area (Å²) in [7, 11) is -3.58. The Morgan fingerprint density at radius 1 is 1.29 bits per heavy atom. The zero-order valence-corrected chi connectivity index (χ0v) is 13.8. The number of thiophene rings is 1. The Hall–Kier alpha value is -1.08. The molecule has 0 amide bonds. The number of aryl methyl sites for hydroxylation is 1. The fourth-order valence-corrected chi connectivity index (χ4v) is 5.07. The van der Waals surface area contributed by atoms with Crippen LogP contribution in [-0.2, 0) is 23.0 Å². The molecule has 112 valence electrons. The van der Waals surface area contributed by atoms with Crippen molar-refractivity contribution in [2.75, 3.05) is 11.3 Å². The summed E-state index contributed by atoms with van der Waals surface area (Å²) in [5.41, 5.74) is 3.77. The van der Waals surface area contributed by atoms with Gasteiger partial charge in [-0.1, -0.05) is 17.7 Å². The average Bonchev–Trinajstić information content (AvgIpc) is 2.79. The Balaban J connectivity index is 1.88. The molecule has 1 aliphatic rings. The maximum absolute atomic E-state index is 12.4. The van der Waals surface area contributed by atoms with Gasteiger partial charge in [0, 0.05) is 12.2 Å². The minimum absolute atomic E-state index is 0.237. The number of hydrogen-bond acceptors (Lipinski definition) is 4. The molecular formula is C14H15ClN2O2S2. The maximum Gasteiger partial charge on any atom is 0.271 e. The monoisotopic (exact) mass is 342 g/mol. The van der Waals surface area contributed by atoms with E-state index >= 15 is 0 Å². The van der Waals surface area contributed by atoms with E-state index < -0.39 is 10.0 Å². The molecule has 1 aromatic carbocycles. The lowest BCUT2D eigenvalue weighted by atomic mass is 10.0.